The molecule has 3 aliphatic rings. The van der Waals surface area contributed by atoms with Gasteiger partial charge in [-0.05, 0) is 98.7 Å². The van der Waals surface area contributed by atoms with Crippen LogP contribution in [0.4, 0.5) is 10.5 Å². The number of phenolic OH excluding ortho intramolecular Hbond substituents is 1. The smallest absolute Gasteiger partial charge is 0.414 e. The second kappa shape index (κ2) is 18.1. The molecule has 2 aliphatic heterocycles. The van der Waals surface area contributed by atoms with E-state index in [1.807, 2.05) is 66.7 Å². The summed E-state index contributed by atoms with van der Waals surface area (Å²) in [6.07, 6.45) is 0.429. The van der Waals surface area contributed by atoms with E-state index >= 15 is 0 Å². The third kappa shape index (κ3) is 8.46. The average Bonchev–Trinajstić information content (AvgIpc) is 4.11. The molecule has 7 aromatic rings. The molecule has 0 bridgehead atoms. The van der Waals surface area contributed by atoms with E-state index in [4.69, 9.17) is 27.9 Å². The van der Waals surface area contributed by atoms with Crippen molar-refractivity contribution in [3.63, 3.8) is 0 Å². The second-order valence-corrected chi connectivity index (χ2v) is 19.4. The first-order valence-electron chi connectivity index (χ1n) is 22.5. The fourth-order valence-corrected chi connectivity index (χ4v) is 10.6. The number of aliphatic hydroxyl groups excluding tert-OH is 1. The Hall–Kier alpha value is -6.73. The van der Waals surface area contributed by atoms with Gasteiger partial charge in [-0.1, -0.05) is 60.7 Å². The zero-order chi connectivity index (χ0) is 48.3. The van der Waals surface area contributed by atoms with E-state index < -0.39 is 17.8 Å². The molecule has 2 aromatic heterocycles. The summed E-state index contributed by atoms with van der Waals surface area (Å²) in [6.45, 7) is 9.14. The van der Waals surface area contributed by atoms with Crippen LogP contribution >= 0.6 is 23.2 Å². The second-order valence-electron chi connectivity index (χ2n) is 18.7. The number of fused-ring (bicyclic) bond motifs is 8. The number of hydrogen-bond acceptors (Lipinski definition) is 8. The van der Waals surface area contributed by atoms with E-state index in [0.717, 1.165) is 43.9 Å². The van der Waals surface area contributed by atoms with Gasteiger partial charge in [0.25, 0.3) is 5.91 Å². The highest BCUT2D eigenvalue weighted by Crippen LogP contribution is 2.50. The van der Waals surface area contributed by atoms with Crippen molar-refractivity contribution in [1.82, 2.24) is 14.9 Å². The minimum Gasteiger partial charge on any atom is -0.507 e. The normalized spacial score (nSPS) is 18.4. The summed E-state index contributed by atoms with van der Waals surface area (Å²) < 4.78 is 5.49. The number of aromatic amines is 2. The Morgan fingerprint density at radius 3 is 2.15 bits per heavy atom. The number of para-hydroxylation sites is 1. The summed E-state index contributed by atoms with van der Waals surface area (Å²) >= 11 is 12.6. The van der Waals surface area contributed by atoms with Gasteiger partial charge >= 0.3 is 6.09 Å². The number of nitrogens with one attached hydrogen (secondary N) is 2. The molecule has 12 nitrogen and oxygen atoms in total. The number of Topliss-reactive ketones (excluding diaryl/α,β-unsaturated/α-hetero) is 3. The maximum atomic E-state index is 13.9. The van der Waals surface area contributed by atoms with Crippen LogP contribution in [0.5, 0.6) is 5.75 Å². The molecule has 0 radical (unpaired) electrons. The predicted molar refractivity (Wildman–Crippen MR) is 265 cm³/mol. The molecule has 0 saturated carbocycles. The van der Waals surface area contributed by atoms with Crippen LogP contribution in [0.2, 0.25) is 0 Å². The molecule has 2 amide bonds. The number of anilines is 1. The Kier molecular flexibility index (Phi) is 12.3. The summed E-state index contributed by atoms with van der Waals surface area (Å²) in [7, 11) is 0. The molecule has 14 heteroatoms. The lowest BCUT2D eigenvalue weighted by Crippen LogP contribution is -2.36. The number of halogens is 2. The number of ether oxygens (including phenoxy) is 1. The summed E-state index contributed by atoms with van der Waals surface area (Å²) in [4.78, 5) is 73.4. The Balaban J connectivity index is 0.000000191. The number of benzene rings is 5. The minimum absolute atomic E-state index is 0.0105. The molecule has 348 valence electrons. The van der Waals surface area contributed by atoms with E-state index in [-0.39, 0.29) is 53.2 Å². The van der Waals surface area contributed by atoms with Gasteiger partial charge in [-0.2, -0.15) is 0 Å². The highest BCUT2D eigenvalue weighted by atomic mass is 35.5. The Morgan fingerprint density at radius 2 is 1.44 bits per heavy atom. The fraction of sp³-hybridized carbons (Fsp3) is 0.278. The monoisotopic (exact) mass is 952 g/mol. The number of hydrogen-bond donors (Lipinski definition) is 4. The van der Waals surface area contributed by atoms with Crippen LogP contribution in [-0.4, -0.2) is 84.9 Å². The van der Waals surface area contributed by atoms with Crippen LogP contribution < -0.4 is 4.90 Å². The van der Waals surface area contributed by atoms with E-state index in [1.54, 1.807) is 56.0 Å². The quantitative estimate of drug-likeness (QED) is 0.0860. The molecule has 4 unspecified atom stereocenters. The maximum absolute atomic E-state index is 13.9. The van der Waals surface area contributed by atoms with E-state index in [2.05, 4.69) is 9.97 Å². The van der Waals surface area contributed by atoms with Crippen molar-refractivity contribution >= 4 is 90.8 Å². The van der Waals surface area contributed by atoms with Gasteiger partial charge in [0.2, 0.25) is 0 Å². The number of amides is 2. The molecular weight excluding hydrogens is 904 g/mol. The molecule has 68 heavy (non-hydrogen) atoms. The molecule has 5 aromatic carbocycles. The number of allylic oxidation sites excluding steroid dienone is 1. The minimum atomic E-state index is -1.00. The number of rotatable bonds is 8. The van der Waals surface area contributed by atoms with Crippen molar-refractivity contribution in [2.24, 2.45) is 5.92 Å². The van der Waals surface area contributed by atoms with Gasteiger partial charge in [0.05, 0.1) is 11.4 Å². The van der Waals surface area contributed by atoms with Crippen molar-refractivity contribution in [3.8, 4) is 5.75 Å². The van der Waals surface area contributed by atoms with Gasteiger partial charge in [-0.25, -0.2) is 4.79 Å². The van der Waals surface area contributed by atoms with Crippen molar-refractivity contribution in [3.05, 3.63) is 154 Å². The van der Waals surface area contributed by atoms with E-state index in [0.29, 0.717) is 69.7 Å². The SMILES string of the molecule is CC(=O)c1cccc2c1C(O)C=C1C2C(CCl)CN1C(=O)c1cc2cc(CC(=O)c3cc4ccccc4[nH]3)ccc2[nH]1.CC(=O)c1cccc2c3c(cc(O)c12)N(C(=O)OC(C)(C)C)CC3CCl. The number of H-pyrrole nitrogens is 2. The zero-order valence-corrected chi connectivity index (χ0v) is 39.7. The van der Waals surface area contributed by atoms with Crippen molar-refractivity contribution in [1.29, 1.82) is 0 Å². The lowest BCUT2D eigenvalue weighted by molar-refractivity contribution is 0.0581. The van der Waals surface area contributed by atoms with Crippen LogP contribution in [0.3, 0.4) is 0 Å². The van der Waals surface area contributed by atoms with Crippen LogP contribution in [0.1, 0.15) is 117 Å². The molecule has 1 saturated heterocycles. The summed E-state index contributed by atoms with van der Waals surface area (Å²) in [6, 6.07) is 29.5. The molecule has 0 spiro atoms. The Labute approximate surface area is 402 Å². The topological polar surface area (TPSA) is 173 Å². The van der Waals surface area contributed by atoms with Crippen LogP contribution in [0.25, 0.3) is 32.6 Å². The molecular formula is C54H50Cl2N4O8. The van der Waals surface area contributed by atoms with Gasteiger partial charge in [0.1, 0.15) is 23.1 Å². The number of aliphatic hydroxyl groups is 1. The van der Waals surface area contributed by atoms with Gasteiger partial charge < -0.3 is 29.8 Å². The lowest BCUT2D eigenvalue weighted by Gasteiger charge is -2.30. The highest BCUT2D eigenvalue weighted by molar-refractivity contribution is 6.19. The number of alkyl halides is 2. The standard InChI is InChI=1S/C34H28ClN3O4.C20H22ClNO4/c1-18(39)23-6-4-7-24-32-22(16-35)17-38(29(32)15-31(41)33(23)24)34(42)28-14-21-11-19(9-10-26(21)37-28)12-30(40)27-13-20-5-2-3-8-25(20)36-27;1-11(23)13-6-5-7-14-17-12(9-21)10-22(19(25)26-20(2,3)4)15(17)8-16(24)18(13)14/h2-11,13-15,22,31-32,36-37,41H,12,16-17H2,1H3;5-8,12,24H,9-10H2,1-4H3. The predicted octanol–water partition coefficient (Wildman–Crippen LogP) is 11.1. The first kappa shape index (κ1) is 46.4. The zero-order valence-electron chi connectivity index (χ0n) is 38.2. The number of aromatic hydroxyl groups is 1. The molecule has 1 aliphatic carbocycles. The molecule has 4 heterocycles. The lowest BCUT2D eigenvalue weighted by atomic mass is 9.77. The van der Waals surface area contributed by atoms with Gasteiger partial charge in [0, 0.05) is 99.1 Å². The molecule has 4 N–H and O–H groups in total. The number of aromatic nitrogens is 2. The van der Waals surface area contributed by atoms with Gasteiger partial charge in [0.15, 0.2) is 17.3 Å². The third-order valence-corrected chi connectivity index (χ3v) is 13.8. The van der Waals surface area contributed by atoms with Crippen LogP contribution in [0, 0.1) is 5.92 Å². The number of ketones is 3. The number of phenols is 1. The largest absolute Gasteiger partial charge is 0.507 e. The third-order valence-electron chi connectivity index (χ3n) is 13.0. The van der Waals surface area contributed by atoms with Crippen molar-refractivity contribution in [2.75, 3.05) is 29.7 Å². The summed E-state index contributed by atoms with van der Waals surface area (Å²) in [5, 5.41) is 24.7. The van der Waals surface area contributed by atoms with Crippen molar-refractivity contribution < 1.29 is 38.9 Å². The fourth-order valence-electron chi connectivity index (χ4n) is 10.0. The van der Waals surface area contributed by atoms with Gasteiger partial charge in [-0.3, -0.25) is 24.1 Å². The number of carbonyl (C=O) groups is 5. The van der Waals surface area contributed by atoms with Crippen molar-refractivity contribution in [2.45, 2.75) is 64.6 Å². The van der Waals surface area contributed by atoms with E-state index in [9.17, 15) is 34.2 Å². The van der Waals surface area contributed by atoms with Crippen LogP contribution in [-0.2, 0) is 11.2 Å². The van der Waals surface area contributed by atoms with E-state index in [1.165, 1.54) is 24.8 Å². The van der Waals surface area contributed by atoms with Gasteiger partial charge in [-0.15, -0.1) is 23.2 Å². The average molecular weight is 954 g/mol. The highest BCUT2D eigenvalue weighted by Gasteiger charge is 2.45. The van der Waals surface area contributed by atoms with Crippen LogP contribution in [0.15, 0.2) is 109 Å². The maximum Gasteiger partial charge on any atom is 0.414 e. The Morgan fingerprint density at radius 1 is 0.750 bits per heavy atom. The first-order valence-corrected chi connectivity index (χ1v) is 23.5. The summed E-state index contributed by atoms with van der Waals surface area (Å²) in [5.74, 6) is -0.238. The number of carbonyl (C=O) groups excluding carboxylic acids is 5. The number of likely N-dealkylation sites (tertiary alicyclic amines) is 1. The Bertz CT molecular complexity index is 3220. The molecule has 10 rings (SSSR count). The summed E-state index contributed by atoms with van der Waals surface area (Å²) in [5.41, 5.74) is 7.45. The number of nitrogens with zero attached hydrogens (tertiary/aromatic N) is 2. The first-order chi connectivity index (χ1) is 32.5. The molecule has 1 fully saturated rings. The molecule has 4 atom stereocenters.